The molecule has 0 radical (unpaired) electrons. The van der Waals surface area contributed by atoms with Gasteiger partial charge in [-0.1, -0.05) is 6.42 Å². The molecule has 2 amide bonds. The molecule has 138 valence electrons. The van der Waals surface area contributed by atoms with Crippen LogP contribution in [0.2, 0.25) is 0 Å². The number of amides is 2. The van der Waals surface area contributed by atoms with E-state index in [-0.39, 0.29) is 30.0 Å². The van der Waals surface area contributed by atoms with Crippen LogP contribution in [0.1, 0.15) is 48.9 Å². The fraction of sp³-hybridized carbons (Fsp3) is 0.526. The van der Waals surface area contributed by atoms with Crippen molar-refractivity contribution in [2.24, 2.45) is 17.8 Å². The Bertz CT molecular complexity index is 786. The minimum Gasteiger partial charge on any atom is -0.459 e. The normalized spacial score (nSPS) is 25.2. The molecule has 7 heteroatoms. The van der Waals surface area contributed by atoms with E-state index in [1.54, 1.807) is 17.5 Å². The first-order chi connectivity index (χ1) is 12.6. The number of carbonyl (C=O) groups is 2. The second-order valence-corrected chi connectivity index (χ2v) is 8.31. The molecule has 0 spiro atoms. The van der Waals surface area contributed by atoms with Crippen LogP contribution in [0.5, 0.6) is 0 Å². The molecule has 2 aliphatic carbocycles. The van der Waals surface area contributed by atoms with Gasteiger partial charge in [0.05, 0.1) is 18.4 Å². The van der Waals surface area contributed by atoms with Crippen LogP contribution in [0.25, 0.3) is 0 Å². The summed E-state index contributed by atoms with van der Waals surface area (Å²) < 4.78 is 5.05. The lowest BCUT2D eigenvalue weighted by molar-refractivity contribution is -0.121. The van der Waals surface area contributed by atoms with Gasteiger partial charge in [-0.15, -0.1) is 11.3 Å². The summed E-state index contributed by atoms with van der Waals surface area (Å²) in [6, 6.07) is 3.47. The number of nitrogens with one attached hydrogen (secondary N) is 2. The summed E-state index contributed by atoms with van der Waals surface area (Å²) >= 11 is 1.31. The number of furan rings is 1. The molecule has 2 bridgehead atoms. The van der Waals surface area contributed by atoms with Gasteiger partial charge in [0.15, 0.2) is 10.9 Å². The lowest BCUT2D eigenvalue weighted by Crippen LogP contribution is -2.40. The van der Waals surface area contributed by atoms with E-state index in [4.69, 9.17) is 4.42 Å². The van der Waals surface area contributed by atoms with Crippen molar-refractivity contribution in [3.05, 3.63) is 35.2 Å². The average Bonchev–Trinajstić information content (AvgIpc) is 3.39. The molecule has 0 aliphatic heterocycles. The molecule has 2 aromatic rings. The Kier molecular flexibility index (Phi) is 4.80. The molecule has 2 heterocycles. The Balaban J connectivity index is 1.28. The highest BCUT2D eigenvalue weighted by molar-refractivity contribution is 7.14. The number of rotatable bonds is 6. The summed E-state index contributed by atoms with van der Waals surface area (Å²) in [5, 5.41) is 8.11. The molecular formula is C19H23N3O3S. The van der Waals surface area contributed by atoms with E-state index in [0.717, 1.165) is 11.8 Å². The lowest BCUT2D eigenvalue weighted by atomic mass is 9.84. The third kappa shape index (κ3) is 3.67. The molecule has 26 heavy (non-hydrogen) atoms. The van der Waals surface area contributed by atoms with Gasteiger partial charge in [-0.05, 0) is 56.1 Å². The van der Waals surface area contributed by atoms with Gasteiger partial charge in [-0.2, -0.15) is 0 Å². The Morgan fingerprint density at radius 1 is 1.38 bits per heavy atom. The van der Waals surface area contributed by atoms with Crippen LogP contribution in [0.3, 0.4) is 0 Å². The Labute approximate surface area is 156 Å². The van der Waals surface area contributed by atoms with Crippen molar-refractivity contribution >= 4 is 28.3 Å². The van der Waals surface area contributed by atoms with Gasteiger partial charge in [0.2, 0.25) is 5.91 Å². The van der Waals surface area contributed by atoms with Gasteiger partial charge in [-0.25, -0.2) is 4.98 Å². The molecule has 0 aromatic carbocycles. The summed E-state index contributed by atoms with van der Waals surface area (Å²) in [5.74, 6) is 2.18. The van der Waals surface area contributed by atoms with Crippen molar-refractivity contribution in [2.45, 2.75) is 45.1 Å². The molecule has 2 aliphatic rings. The van der Waals surface area contributed by atoms with E-state index in [1.165, 1.54) is 43.3 Å². The molecular weight excluding hydrogens is 350 g/mol. The third-order valence-electron chi connectivity index (χ3n) is 5.68. The maximum absolute atomic E-state index is 12.4. The van der Waals surface area contributed by atoms with Crippen molar-refractivity contribution in [2.75, 3.05) is 5.32 Å². The number of nitrogens with zero attached hydrogens (tertiary/aromatic N) is 1. The van der Waals surface area contributed by atoms with Gasteiger partial charge >= 0.3 is 0 Å². The summed E-state index contributed by atoms with van der Waals surface area (Å²) in [6.45, 7) is 2.12. The Morgan fingerprint density at radius 2 is 2.27 bits per heavy atom. The first kappa shape index (κ1) is 17.3. The van der Waals surface area contributed by atoms with Gasteiger partial charge in [0.25, 0.3) is 5.91 Å². The lowest BCUT2D eigenvalue weighted by Gasteiger charge is -2.28. The molecule has 2 saturated carbocycles. The predicted molar refractivity (Wildman–Crippen MR) is 99.0 cm³/mol. The summed E-state index contributed by atoms with van der Waals surface area (Å²) in [6.07, 6.45) is 6.97. The quantitative estimate of drug-likeness (QED) is 0.812. The molecule has 2 fully saturated rings. The summed E-state index contributed by atoms with van der Waals surface area (Å²) in [7, 11) is 0. The number of fused-ring (bicyclic) bond motifs is 2. The number of aromatic nitrogens is 1. The maximum Gasteiger partial charge on any atom is 0.293 e. The zero-order chi connectivity index (χ0) is 18.1. The SMILES string of the molecule is C[C@@H](NC(=O)Cc1csc(NC(=O)c2ccco2)n1)[C@H]1C[C@H]2CC[C@H]1C2. The fourth-order valence-corrected chi connectivity index (χ4v) is 5.20. The van der Waals surface area contributed by atoms with E-state index >= 15 is 0 Å². The first-order valence-electron chi connectivity index (χ1n) is 9.17. The van der Waals surface area contributed by atoms with Gasteiger partial charge in [0.1, 0.15) is 0 Å². The molecule has 2 aromatic heterocycles. The molecule has 6 nitrogen and oxygen atoms in total. The number of carbonyl (C=O) groups excluding carboxylic acids is 2. The average molecular weight is 373 g/mol. The summed E-state index contributed by atoms with van der Waals surface area (Å²) in [5.41, 5.74) is 0.669. The molecule has 0 saturated heterocycles. The predicted octanol–water partition coefficient (Wildman–Crippen LogP) is 3.47. The van der Waals surface area contributed by atoms with Crippen molar-refractivity contribution in [3.8, 4) is 0 Å². The topological polar surface area (TPSA) is 84.2 Å². The van der Waals surface area contributed by atoms with E-state index in [1.807, 2.05) is 0 Å². The number of hydrogen-bond acceptors (Lipinski definition) is 5. The van der Waals surface area contributed by atoms with Crippen molar-refractivity contribution < 1.29 is 14.0 Å². The molecule has 4 atom stereocenters. The highest BCUT2D eigenvalue weighted by Gasteiger charge is 2.42. The monoisotopic (exact) mass is 373 g/mol. The van der Waals surface area contributed by atoms with E-state index in [0.29, 0.717) is 16.7 Å². The highest BCUT2D eigenvalue weighted by atomic mass is 32.1. The van der Waals surface area contributed by atoms with Crippen LogP contribution in [0, 0.1) is 17.8 Å². The largest absolute Gasteiger partial charge is 0.459 e. The molecule has 2 N–H and O–H groups in total. The van der Waals surface area contributed by atoms with E-state index in [2.05, 4.69) is 22.5 Å². The summed E-state index contributed by atoms with van der Waals surface area (Å²) in [4.78, 5) is 28.6. The third-order valence-corrected chi connectivity index (χ3v) is 6.49. The molecule has 0 unspecified atom stereocenters. The zero-order valence-electron chi connectivity index (χ0n) is 14.7. The minimum absolute atomic E-state index is 0.00511. The first-order valence-corrected chi connectivity index (χ1v) is 10.0. The fourth-order valence-electron chi connectivity index (χ4n) is 4.49. The standard InChI is InChI=1S/C19H23N3O3S/c1-11(15-8-12-4-5-13(15)7-12)20-17(23)9-14-10-26-19(21-14)22-18(24)16-3-2-6-25-16/h2-3,6,10-13,15H,4-5,7-9H2,1H3,(H,20,23)(H,21,22,24)/t11-,12+,13+,15-/m1/s1. The second kappa shape index (κ2) is 7.23. The molecule has 4 rings (SSSR count). The van der Waals surface area contributed by atoms with Crippen LogP contribution in [-0.4, -0.2) is 22.8 Å². The number of anilines is 1. The Morgan fingerprint density at radius 3 is 2.96 bits per heavy atom. The number of hydrogen-bond donors (Lipinski definition) is 2. The van der Waals surface area contributed by atoms with E-state index < -0.39 is 0 Å². The van der Waals surface area contributed by atoms with Crippen molar-refractivity contribution in [1.29, 1.82) is 0 Å². The van der Waals surface area contributed by atoms with Gasteiger partial charge in [-0.3, -0.25) is 14.9 Å². The van der Waals surface area contributed by atoms with Crippen LogP contribution in [0.15, 0.2) is 28.2 Å². The van der Waals surface area contributed by atoms with Gasteiger partial charge < -0.3 is 9.73 Å². The van der Waals surface area contributed by atoms with Crippen LogP contribution < -0.4 is 10.6 Å². The second-order valence-electron chi connectivity index (χ2n) is 7.45. The zero-order valence-corrected chi connectivity index (χ0v) is 15.6. The highest BCUT2D eigenvalue weighted by Crippen LogP contribution is 2.49. The Hall–Kier alpha value is -2.15. The minimum atomic E-state index is -0.342. The van der Waals surface area contributed by atoms with Crippen molar-refractivity contribution in [3.63, 3.8) is 0 Å². The smallest absolute Gasteiger partial charge is 0.293 e. The van der Waals surface area contributed by atoms with E-state index in [9.17, 15) is 9.59 Å². The number of thiazole rings is 1. The van der Waals surface area contributed by atoms with Crippen LogP contribution in [-0.2, 0) is 11.2 Å². The van der Waals surface area contributed by atoms with Crippen LogP contribution in [0.4, 0.5) is 5.13 Å². The van der Waals surface area contributed by atoms with Crippen molar-refractivity contribution in [1.82, 2.24) is 10.3 Å². The van der Waals surface area contributed by atoms with Crippen LogP contribution >= 0.6 is 11.3 Å². The maximum atomic E-state index is 12.4. The van der Waals surface area contributed by atoms with Gasteiger partial charge in [0, 0.05) is 11.4 Å².